The number of hydrogen-bond acceptors (Lipinski definition) is 14. The average Bonchev–Trinajstić information content (AvgIpc) is 2.92. The van der Waals surface area contributed by atoms with Crippen molar-refractivity contribution >= 4 is 81.8 Å². The lowest BCUT2D eigenvalue weighted by Gasteiger charge is -2.27. The minimum atomic E-state index is -1.31. The maximum atomic E-state index is 11.8. The Labute approximate surface area is 307 Å². The summed E-state index contributed by atoms with van der Waals surface area (Å²) in [6, 6.07) is 0. The summed E-state index contributed by atoms with van der Waals surface area (Å²) in [7, 11) is -4.71. The molecular weight excluding hydrogens is 760 g/mol. The van der Waals surface area contributed by atoms with Crippen LogP contribution < -0.4 is 0 Å². The fraction of sp³-hybridized carbons (Fsp3) is 0.966. The van der Waals surface area contributed by atoms with E-state index in [9.17, 15) is 4.79 Å². The van der Waals surface area contributed by atoms with Crippen LogP contribution in [0, 0.1) is 0 Å². The molecule has 0 amide bonds. The molecule has 0 rings (SSSR count). The maximum Gasteiger partial charge on any atom is 0.306 e. The summed E-state index contributed by atoms with van der Waals surface area (Å²) in [6.07, 6.45) is 0.360. The van der Waals surface area contributed by atoms with Gasteiger partial charge in [-0.15, -0.1) is 0 Å². The van der Waals surface area contributed by atoms with Crippen LogP contribution in [0.3, 0.4) is 0 Å². The zero-order chi connectivity index (χ0) is 35.9. The fourth-order valence-corrected chi connectivity index (χ4v) is 17.2. The van der Waals surface area contributed by atoms with Crippen molar-refractivity contribution in [2.75, 3.05) is 29.6 Å². The van der Waals surface area contributed by atoms with Crippen LogP contribution in [0.15, 0.2) is 0 Å². The molecule has 0 aliphatic rings. The molecule has 0 aromatic rings. The summed E-state index contributed by atoms with van der Waals surface area (Å²) in [5.74, 6) is 2.45. The van der Waals surface area contributed by atoms with Crippen LogP contribution in [-0.2, 0) is 45.7 Å². The van der Waals surface area contributed by atoms with Gasteiger partial charge in [0.15, 0.2) is 0 Å². The molecule has 47 heavy (non-hydrogen) atoms. The van der Waals surface area contributed by atoms with Crippen LogP contribution in [0.25, 0.3) is 0 Å². The van der Waals surface area contributed by atoms with Gasteiger partial charge in [-0.3, -0.25) is 4.79 Å². The molecule has 282 valence electrons. The van der Waals surface area contributed by atoms with Gasteiger partial charge in [0.05, 0.1) is 61.9 Å². The molecule has 10 nitrogen and oxygen atoms in total. The molecule has 0 aromatic heterocycles. The molecule has 0 aliphatic carbocycles. The average molecular weight is 823 g/mol. The number of carbonyl (C=O) groups is 1. The van der Waals surface area contributed by atoms with Crippen molar-refractivity contribution in [3.05, 3.63) is 0 Å². The van der Waals surface area contributed by atoms with Gasteiger partial charge in [-0.1, -0.05) is 45.5 Å². The van der Waals surface area contributed by atoms with Crippen LogP contribution in [0.4, 0.5) is 0 Å². The summed E-state index contributed by atoms with van der Waals surface area (Å²) in [5, 5.41) is 0. The molecule has 18 heteroatoms. The van der Waals surface area contributed by atoms with E-state index < -0.39 is 30.3 Å². The molecule has 0 fully saturated rings. The van der Waals surface area contributed by atoms with E-state index in [0.717, 1.165) is 0 Å². The Morgan fingerprint density at radius 1 is 0.468 bits per heavy atom. The van der Waals surface area contributed by atoms with Crippen LogP contribution in [-0.4, -0.2) is 84.4 Å². The van der Waals surface area contributed by atoms with Gasteiger partial charge >= 0.3 is 5.97 Å². The van der Waals surface area contributed by atoms with E-state index in [1.807, 2.05) is 83.1 Å². The van der Waals surface area contributed by atoms with Gasteiger partial charge < -0.3 is 40.9 Å². The Bertz CT molecular complexity index is 725. The smallest absolute Gasteiger partial charge is 0.306 e. The van der Waals surface area contributed by atoms with Gasteiger partial charge in [0.1, 0.15) is 0 Å². The van der Waals surface area contributed by atoms with E-state index in [-0.39, 0.29) is 54.8 Å². The number of rotatable bonds is 30. The normalized spacial score (nSPS) is 15.9. The Balaban J connectivity index is 5.41. The Morgan fingerprint density at radius 2 is 0.745 bits per heavy atom. The van der Waals surface area contributed by atoms with E-state index in [0.29, 0.717) is 36.0 Å². The highest BCUT2D eigenvalue weighted by atomic mass is 32.7. The number of carbonyl (C=O) groups excluding carboxylic acids is 1. The van der Waals surface area contributed by atoms with E-state index in [1.54, 1.807) is 34.1 Å². The van der Waals surface area contributed by atoms with E-state index in [4.69, 9.17) is 40.9 Å². The third-order valence-electron chi connectivity index (χ3n) is 4.33. The van der Waals surface area contributed by atoms with Crippen molar-refractivity contribution in [2.45, 2.75) is 152 Å². The maximum absolute atomic E-state index is 11.8. The van der Waals surface area contributed by atoms with Crippen molar-refractivity contribution in [3.63, 3.8) is 0 Å². The lowest BCUT2D eigenvalue weighted by Crippen LogP contribution is -2.15. The van der Waals surface area contributed by atoms with Crippen LogP contribution in [0.5, 0.6) is 0 Å². The molecule has 4 atom stereocenters. The summed E-state index contributed by atoms with van der Waals surface area (Å²) in [4.78, 5) is 11.8. The Hall–Kier alpha value is 2.27. The van der Waals surface area contributed by atoms with E-state index in [2.05, 4.69) is 13.8 Å². The third kappa shape index (κ3) is 30.4. The summed E-state index contributed by atoms with van der Waals surface area (Å²) < 4.78 is 54.6. The van der Waals surface area contributed by atoms with E-state index in [1.165, 1.54) is 11.4 Å². The molecule has 4 unspecified atom stereocenters. The van der Waals surface area contributed by atoms with Crippen molar-refractivity contribution in [1.29, 1.82) is 0 Å². The Kier molecular flexibility index (Phi) is 31.1. The topological polar surface area (TPSA) is 100 Å². The molecule has 0 radical (unpaired) electrons. The first-order chi connectivity index (χ1) is 22.0. The molecule has 0 saturated heterocycles. The predicted octanol–water partition coefficient (Wildman–Crippen LogP) is 12.1. The van der Waals surface area contributed by atoms with Gasteiger partial charge in [0.2, 0.25) is 30.3 Å². The first kappa shape index (κ1) is 49.3. The lowest BCUT2D eigenvalue weighted by atomic mass is 10.5. The summed E-state index contributed by atoms with van der Waals surface area (Å²) in [6.45, 7) is 28.5. The van der Waals surface area contributed by atoms with Crippen molar-refractivity contribution in [1.82, 2.24) is 0 Å². The molecule has 0 bridgehead atoms. The molecule has 0 N–H and O–H groups in total. The van der Waals surface area contributed by atoms with Gasteiger partial charge in [-0.2, -0.15) is 0 Å². The number of hydrogen-bond donors (Lipinski definition) is 0. The van der Waals surface area contributed by atoms with Gasteiger partial charge in [0, 0.05) is 23.0 Å². The highest BCUT2D eigenvalue weighted by molar-refractivity contribution is 8.54. The van der Waals surface area contributed by atoms with Gasteiger partial charge in [0.25, 0.3) is 0 Å². The second-order valence-corrected chi connectivity index (χ2v) is 24.3. The van der Waals surface area contributed by atoms with Crippen LogP contribution >= 0.6 is 75.8 Å². The first-order valence-electron chi connectivity index (χ1n) is 16.2. The van der Waals surface area contributed by atoms with Crippen molar-refractivity contribution in [2.24, 2.45) is 0 Å². The molecule has 0 aromatic carbocycles. The zero-order valence-corrected chi connectivity index (χ0v) is 37.7. The molecular formula is C29H62O10P4S4. The minimum Gasteiger partial charge on any atom is -0.466 e. The highest BCUT2D eigenvalue weighted by Gasteiger charge is 2.26. The van der Waals surface area contributed by atoms with Crippen LogP contribution in [0.1, 0.15) is 103 Å². The fourth-order valence-electron chi connectivity index (χ4n) is 2.67. The minimum absolute atomic E-state index is 0.00575. The molecule has 0 aliphatic heterocycles. The molecule has 0 saturated carbocycles. The molecule has 0 heterocycles. The van der Waals surface area contributed by atoms with Crippen LogP contribution in [0.2, 0.25) is 0 Å². The SMILES string of the molecule is CCOC(=O)CCSP(OC(C)C)OC(C)CSP(OC(C)CSP(OC(C)C)OC(C)C)OC(C)CSP(OC(C)C)OC(C)C. The lowest BCUT2D eigenvalue weighted by molar-refractivity contribution is -0.142. The van der Waals surface area contributed by atoms with Crippen molar-refractivity contribution < 1.29 is 45.7 Å². The van der Waals surface area contributed by atoms with Gasteiger partial charge in [-0.25, -0.2) is 0 Å². The Morgan fingerprint density at radius 3 is 1.02 bits per heavy atom. The number of ether oxygens (including phenoxy) is 1. The predicted molar refractivity (Wildman–Crippen MR) is 212 cm³/mol. The quantitative estimate of drug-likeness (QED) is 0.0507. The highest BCUT2D eigenvalue weighted by Crippen LogP contribution is 2.60. The third-order valence-corrected chi connectivity index (χ3v) is 18.5. The monoisotopic (exact) mass is 822 g/mol. The number of esters is 1. The standard InChI is InChI=1S/C29H62O10P4S4/c1-15-31-29(30)16-17-44-42(36-25(10)11)37-26(12)20-47-43(38-27(13)18-45-40(32-21(2)3)33-22(4)5)39-28(14)19-46-41(34-23(6)7)35-24(8)9/h21-28H,15-20H2,1-14H3. The summed E-state index contributed by atoms with van der Waals surface area (Å²) in [5.41, 5.74) is 0. The second kappa shape index (κ2) is 29.7. The van der Waals surface area contributed by atoms with Crippen molar-refractivity contribution in [3.8, 4) is 0 Å². The largest absolute Gasteiger partial charge is 0.466 e. The zero-order valence-electron chi connectivity index (χ0n) is 30.9. The van der Waals surface area contributed by atoms with Gasteiger partial charge in [-0.05, 0) is 96.9 Å². The van der Waals surface area contributed by atoms with E-state index >= 15 is 0 Å². The summed E-state index contributed by atoms with van der Waals surface area (Å²) >= 11 is 6.47. The molecule has 0 spiro atoms. The first-order valence-corrected chi connectivity index (χ1v) is 27.3. The second-order valence-electron chi connectivity index (χ2n) is 11.7.